The molecule has 2 aliphatic carbocycles. The lowest BCUT2D eigenvalue weighted by Crippen LogP contribution is -2.28. The summed E-state index contributed by atoms with van der Waals surface area (Å²) in [5.41, 5.74) is 0. The van der Waals surface area contributed by atoms with E-state index in [1.807, 2.05) is 0 Å². The topological polar surface area (TPSA) is 52.6 Å². The third-order valence-electron chi connectivity index (χ3n) is 5.62. The van der Waals surface area contributed by atoms with Crippen molar-refractivity contribution in [2.24, 2.45) is 17.8 Å². The second-order valence-corrected chi connectivity index (χ2v) is 7.26. The van der Waals surface area contributed by atoms with Crippen molar-refractivity contribution in [3.8, 4) is 0 Å². The molecule has 0 saturated heterocycles. The van der Waals surface area contributed by atoms with Crippen LogP contribution in [0.2, 0.25) is 0 Å². The average Bonchev–Trinajstić information content (AvgIpc) is 2.65. The minimum atomic E-state index is -0.401. The summed E-state index contributed by atoms with van der Waals surface area (Å²) in [5, 5.41) is 0. The van der Waals surface area contributed by atoms with Gasteiger partial charge < -0.3 is 9.47 Å². The lowest BCUT2D eigenvalue weighted by atomic mass is 9.71. The molecule has 0 aromatic heterocycles. The van der Waals surface area contributed by atoms with Crippen molar-refractivity contribution < 1.29 is 19.1 Å². The number of hydrogen-bond acceptors (Lipinski definition) is 4. The first-order valence-electron chi connectivity index (χ1n) is 9.66. The van der Waals surface area contributed by atoms with E-state index in [2.05, 4.69) is 6.58 Å². The fraction of sp³-hybridized carbons (Fsp3) is 0.800. The van der Waals surface area contributed by atoms with Gasteiger partial charge in [-0.2, -0.15) is 0 Å². The van der Waals surface area contributed by atoms with Crippen molar-refractivity contribution in [2.45, 2.75) is 70.6 Å². The monoisotopic (exact) mass is 336 g/mol. The maximum atomic E-state index is 12.1. The minimum absolute atomic E-state index is 0.0276. The quantitative estimate of drug-likeness (QED) is 0.374. The lowest BCUT2D eigenvalue weighted by molar-refractivity contribution is -0.150. The molecule has 24 heavy (non-hydrogen) atoms. The second kappa shape index (κ2) is 10.5. The summed E-state index contributed by atoms with van der Waals surface area (Å²) in [5.74, 6) is 1.42. The molecule has 2 aliphatic rings. The molecule has 4 heteroatoms. The highest BCUT2D eigenvalue weighted by Gasteiger charge is 2.31. The van der Waals surface area contributed by atoms with Crippen LogP contribution in [0.25, 0.3) is 0 Å². The maximum absolute atomic E-state index is 12.1. The van der Waals surface area contributed by atoms with Gasteiger partial charge in [0, 0.05) is 6.08 Å². The van der Waals surface area contributed by atoms with Gasteiger partial charge in [0.1, 0.15) is 0 Å². The van der Waals surface area contributed by atoms with Gasteiger partial charge in [-0.25, -0.2) is 4.79 Å². The van der Waals surface area contributed by atoms with E-state index in [9.17, 15) is 9.59 Å². The van der Waals surface area contributed by atoms with Crippen molar-refractivity contribution in [1.29, 1.82) is 0 Å². The Morgan fingerprint density at radius 1 is 0.833 bits per heavy atom. The summed E-state index contributed by atoms with van der Waals surface area (Å²) in [6.07, 6.45) is 14.0. The Hall–Kier alpha value is -1.32. The van der Waals surface area contributed by atoms with Crippen LogP contribution in [0.5, 0.6) is 0 Å². The molecule has 0 N–H and O–H groups in total. The van der Waals surface area contributed by atoms with E-state index >= 15 is 0 Å². The summed E-state index contributed by atoms with van der Waals surface area (Å²) in [7, 11) is 0. The van der Waals surface area contributed by atoms with Crippen molar-refractivity contribution in [3.05, 3.63) is 12.7 Å². The van der Waals surface area contributed by atoms with Crippen LogP contribution in [0.4, 0.5) is 0 Å². The van der Waals surface area contributed by atoms with E-state index in [4.69, 9.17) is 9.47 Å². The van der Waals surface area contributed by atoms with E-state index in [0.717, 1.165) is 37.2 Å². The van der Waals surface area contributed by atoms with Crippen LogP contribution in [-0.4, -0.2) is 25.2 Å². The van der Waals surface area contributed by atoms with Gasteiger partial charge in [-0.3, -0.25) is 4.79 Å². The molecule has 4 nitrogen and oxygen atoms in total. The van der Waals surface area contributed by atoms with Crippen molar-refractivity contribution >= 4 is 11.9 Å². The van der Waals surface area contributed by atoms with Gasteiger partial charge in [0.2, 0.25) is 0 Å². The van der Waals surface area contributed by atoms with E-state index in [0.29, 0.717) is 19.6 Å². The first-order valence-corrected chi connectivity index (χ1v) is 9.66. The average molecular weight is 336 g/mol. The van der Waals surface area contributed by atoms with E-state index in [-0.39, 0.29) is 11.9 Å². The molecule has 0 bridgehead atoms. The molecule has 0 aromatic rings. The van der Waals surface area contributed by atoms with Gasteiger partial charge in [0.05, 0.1) is 19.1 Å². The Labute approximate surface area is 146 Å². The Balaban J connectivity index is 1.54. The van der Waals surface area contributed by atoms with Crippen LogP contribution in [-0.2, 0) is 19.1 Å². The molecule has 0 aliphatic heterocycles. The number of carbonyl (C=O) groups is 2. The number of esters is 2. The predicted molar refractivity (Wildman–Crippen MR) is 93.4 cm³/mol. The summed E-state index contributed by atoms with van der Waals surface area (Å²) in [6.45, 7) is 4.12. The lowest BCUT2D eigenvalue weighted by Gasteiger charge is -2.35. The van der Waals surface area contributed by atoms with E-state index in [1.165, 1.54) is 44.9 Å². The standard InChI is InChI=1S/C20H32O4/c1-2-19(21)23-14-6-7-15-24-20(22)18-12-10-17(11-13-18)16-8-4-3-5-9-16/h2,16-18H,1,3-15H2/t17-,18-. The molecule has 0 atom stereocenters. The SMILES string of the molecule is C=CC(=O)OCCCCOC(=O)[C@H]1CC[C@H](C2CCCCC2)CC1. The molecular weight excluding hydrogens is 304 g/mol. The Bertz CT molecular complexity index is 404. The van der Waals surface area contributed by atoms with Gasteiger partial charge in [0.25, 0.3) is 0 Å². The number of unbranched alkanes of at least 4 members (excludes halogenated alkanes) is 1. The van der Waals surface area contributed by atoms with Crippen LogP contribution >= 0.6 is 0 Å². The predicted octanol–water partition coefficient (Wildman–Crippen LogP) is 4.43. The maximum Gasteiger partial charge on any atom is 0.330 e. The van der Waals surface area contributed by atoms with Crippen molar-refractivity contribution in [3.63, 3.8) is 0 Å². The molecule has 136 valence electrons. The molecular formula is C20H32O4. The zero-order chi connectivity index (χ0) is 17.2. The fourth-order valence-electron chi connectivity index (χ4n) is 4.16. The summed E-state index contributed by atoms with van der Waals surface area (Å²) >= 11 is 0. The largest absolute Gasteiger partial charge is 0.465 e. The van der Waals surface area contributed by atoms with Gasteiger partial charge in [-0.1, -0.05) is 38.7 Å². The van der Waals surface area contributed by atoms with E-state index < -0.39 is 5.97 Å². The second-order valence-electron chi connectivity index (χ2n) is 7.26. The van der Waals surface area contributed by atoms with Crippen LogP contribution in [0, 0.1) is 17.8 Å². The van der Waals surface area contributed by atoms with Crippen molar-refractivity contribution in [1.82, 2.24) is 0 Å². The molecule has 0 aromatic carbocycles. The van der Waals surface area contributed by atoms with Crippen LogP contribution < -0.4 is 0 Å². The summed E-state index contributed by atoms with van der Waals surface area (Å²) in [6, 6.07) is 0. The van der Waals surface area contributed by atoms with E-state index in [1.54, 1.807) is 0 Å². The van der Waals surface area contributed by atoms with Crippen LogP contribution in [0.15, 0.2) is 12.7 Å². The normalized spacial score (nSPS) is 25.0. The van der Waals surface area contributed by atoms with Crippen LogP contribution in [0.3, 0.4) is 0 Å². The third-order valence-corrected chi connectivity index (χ3v) is 5.62. The highest BCUT2D eigenvalue weighted by atomic mass is 16.5. The molecule has 0 radical (unpaired) electrons. The van der Waals surface area contributed by atoms with Gasteiger partial charge in [0.15, 0.2) is 0 Å². The minimum Gasteiger partial charge on any atom is -0.465 e. The first-order chi connectivity index (χ1) is 11.7. The third kappa shape index (κ3) is 6.29. The summed E-state index contributed by atoms with van der Waals surface area (Å²) < 4.78 is 10.3. The van der Waals surface area contributed by atoms with Gasteiger partial charge in [-0.15, -0.1) is 0 Å². The first kappa shape index (κ1) is 19.0. The van der Waals surface area contributed by atoms with Crippen molar-refractivity contribution in [2.75, 3.05) is 13.2 Å². The molecule has 0 spiro atoms. The highest BCUT2D eigenvalue weighted by Crippen LogP contribution is 2.40. The highest BCUT2D eigenvalue weighted by molar-refractivity contribution is 5.81. The zero-order valence-corrected chi connectivity index (χ0v) is 14.8. The fourth-order valence-corrected chi connectivity index (χ4v) is 4.16. The molecule has 0 heterocycles. The molecule has 0 amide bonds. The molecule has 2 fully saturated rings. The number of hydrogen-bond donors (Lipinski definition) is 0. The molecule has 0 unspecified atom stereocenters. The Kier molecular flexibility index (Phi) is 8.34. The Morgan fingerprint density at radius 3 is 2.04 bits per heavy atom. The number of rotatable bonds is 8. The number of carbonyl (C=O) groups excluding carboxylic acids is 2. The van der Waals surface area contributed by atoms with Gasteiger partial charge in [-0.05, 0) is 50.4 Å². The Morgan fingerprint density at radius 2 is 1.42 bits per heavy atom. The molecule has 2 rings (SSSR count). The molecule has 2 saturated carbocycles. The zero-order valence-electron chi connectivity index (χ0n) is 14.8. The number of ether oxygens (including phenoxy) is 2. The smallest absolute Gasteiger partial charge is 0.330 e. The van der Waals surface area contributed by atoms with Gasteiger partial charge >= 0.3 is 11.9 Å². The summed E-state index contributed by atoms with van der Waals surface area (Å²) in [4.78, 5) is 23.0. The van der Waals surface area contributed by atoms with Crippen LogP contribution in [0.1, 0.15) is 70.6 Å².